The normalized spacial score (nSPS) is 16.8. The van der Waals surface area contributed by atoms with Crippen molar-refractivity contribution in [1.82, 2.24) is 0 Å². The first kappa shape index (κ1) is 16.1. The number of aliphatic carboxylic acids is 1. The van der Waals surface area contributed by atoms with Crippen LogP contribution < -0.4 is 9.47 Å². The van der Waals surface area contributed by atoms with E-state index in [4.69, 9.17) is 9.47 Å². The first-order chi connectivity index (χ1) is 10.5. The van der Waals surface area contributed by atoms with Crippen molar-refractivity contribution >= 4 is 11.9 Å². The Morgan fingerprint density at radius 3 is 2.14 bits per heavy atom. The average molecular weight is 308 g/mol. The van der Waals surface area contributed by atoms with Crippen LogP contribution in [0.25, 0.3) is 0 Å². The minimum atomic E-state index is -1.17. The lowest BCUT2D eigenvalue weighted by Gasteiger charge is -2.34. The van der Waals surface area contributed by atoms with E-state index in [1.54, 1.807) is 6.07 Å². The molecule has 6 nitrogen and oxygen atoms in total. The van der Waals surface area contributed by atoms with E-state index in [1.165, 1.54) is 20.3 Å². The molecule has 0 spiro atoms. The molecule has 1 aromatic rings. The number of ether oxygens (including phenoxy) is 2. The highest BCUT2D eigenvalue weighted by Crippen LogP contribution is 2.44. The molecule has 1 aromatic carbocycles. The average Bonchev–Trinajstić information content (AvgIpc) is 2.53. The molecular weight excluding hydrogens is 288 g/mol. The Balaban J connectivity index is 2.65. The maximum absolute atomic E-state index is 11.9. The minimum Gasteiger partial charge on any atom is -0.493 e. The number of rotatable bonds is 5. The van der Waals surface area contributed by atoms with Gasteiger partial charge in [-0.25, -0.2) is 4.79 Å². The standard InChI is InChI=1S/C16H20O6/c1-21-12-9-10(8-11(14(17)18)13(12)22-2)16(15(19)20)6-4-3-5-7-16/h8-9H,3-7H2,1-2H3,(H,17,18)(H,19,20). The SMILES string of the molecule is COc1cc(C2(C(=O)O)CCCCC2)cc(C(=O)O)c1OC. The minimum absolute atomic E-state index is 0.0805. The summed E-state index contributed by atoms with van der Waals surface area (Å²) in [5.41, 5.74) is -0.667. The van der Waals surface area contributed by atoms with Gasteiger partial charge in [0.25, 0.3) is 0 Å². The predicted octanol–water partition coefficient (Wildman–Crippen LogP) is 2.69. The molecule has 0 atom stereocenters. The van der Waals surface area contributed by atoms with Gasteiger partial charge in [-0.2, -0.15) is 0 Å². The van der Waals surface area contributed by atoms with Gasteiger partial charge >= 0.3 is 11.9 Å². The molecule has 0 amide bonds. The summed E-state index contributed by atoms with van der Waals surface area (Å²) in [6.45, 7) is 0. The summed E-state index contributed by atoms with van der Waals surface area (Å²) in [5.74, 6) is -1.75. The highest BCUT2D eigenvalue weighted by Gasteiger charge is 2.42. The molecule has 2 N–H and O–H groups in total. The molecule has 120 valence electrons. The highest BCUT2D eigenvalue weighted by atomic mass is 16.5. The number of carboxylic acids is 2. The summed E-state index contributed by atoms with van der Waals surface area (Å²) in [6.07, 6.45) is 3.61. The summed E-state index contributed by atoms with van der Waals surface area (Å²) in [7, 11) is 2.76. The fourth-order valence-electron chi connectivity index (χ4n) is 3.18. The maximum atomic E-state index is 11.9. The van der Waals surface area contributed by atoms with E-state index >= 15 is 0 Å². The van der Waals surface area contributed by atoms with Crippen LogP contribution in [0.1, 0.15) is 48.0 Å². The van der Waals surface area contributed by atoms with E-state index in [0.29, 0.717) is 18.4 Å². The van der Waals surface area contributed by atoms with Crippen LogP contribution in [0.4, 0.5) is 0 Å². The molecule has 0 heterocycles. The van der Waals surface area contributed by atoms with Crippen molar-refractivity contribution in [2.75, 3.05) is 14.2 Å². The van der Waals surface area contributed by atoms with Gasteiger partial charge in [-0.05, 0) is 30.5 Å². The second-order valence-electron chi connectivity index (χ2n) is 5.51. The van der Waals surface area contributed by atoms with Crippen molar-refractivity contribution in [2.24, 2.45) is 0 Å². The van der Waals surface area contributed by atoms with Gasteiger partial charge in [-0.3, -0.25) is 4.79 Å². The molecule has 0 bridgehead atoms. The molecule has 0 saturated heterocycles. The molecule has 6 heteroatoms. The Morgan fingerprint density at radius 2 is 1.68 bits per heavy atom. The van der Waals surface area contributed by atoms with Gasteiger partial charge in [0.15, 0.2) is 11.5 Å². The van der Waals surface area contributed by atoms with Crippen LogP contribution in [0.5, 0.6) is 11.5 Å². The number of benzene rings is 1. The largest absolute Gasteiger partial charge is 0.493 e. The second kappa shape index (κ2) is 6.25. The number of hydrogen-bond donors (Lipinski definition) is 2. The Kier molecular flexibility index (Phi) is 4.59. The Labute approximate surface area is 128 Å². The van der Waals surface area contributed by atoms with Gasteiger partial charge in [-0.1, -0.05) is 19.3 Å². The Morgan fingerprint density at radius 1 is 1.05 bits per heavy atom. The summed E-state index contributed by atoms with van der Waals surface area (Å²) in [4.78, 5) is 23.4. The van der Waals surface area contributed by atoms with Gasteiger partial charge in [0.05, 0.1) is 19.6 Å². The van der Waals surface area contributed by atoms with Gasteiger partial charge in [0.1, 0.15) is 5.56 Å². The summed E-state index contributed by atoms with van der Waals surface area (Å²) in [6, 6.07) is 2.99. The lowest BCUT2D eigenvalue weighted by molar-refractivity contribution is -0.145. The second-order valence-corrected chi connectivity index (χ2v) is 5.51. The third kappa shape index (κ3) is 2.61. The zero-order valence-electron chi connectivity index (χ0n) is 12.7. The van der Waals surface area contributed by atoms with Crippen LogP contribution >= 0.6 is 0 Å². The zero-order chi connectivity index (χ0) is 16.3. The molecule has 1 fully saturated rings. The van der Waals surface area contributed by atoms with Crippen molar-refractivity contribution < 1.29 is 29.3 Å². The van der Waals surface area contributed by atoms with Crippen LogP contribution in [0, 0.1) is 0 Å². The molecule has 2 rings (SSSR count). The van der Waals surface area contributed by atoms with E-state index in [-0.39, 0.29) is 17.1 Å². The van der Waals surface area contributed by atoms with Gasteiger partial charge in [-0.15, -0.1) is 0 Å². The molecule has 22 heavy (non-hydrogen) atoms. The van der Waals surface area contributed by atoms with Crippen molar-refractivity contribution in [3.05, 3.63) is 23.3 Å². The summed E-state index contributed by atoms with van der Waals surface area (Å²) >= 11 is 0. The molecule has 1 aliphatic rings. The quantitative estimate of drug-likeness (QED) is 0.868. The molecular formula is C16H20O6. The molecule has 1 aliphatic carbocycles. The van der Waals surface area contributed by atoms with E-state index < -0.39 is 17.4 Å². The number of aromatic carboxylic acids is 1. The topological polar surface area (TPSA) is 93.1 Å². The smallest absolute Gasteiger partial charge is 0.339 e. The zero-order valence-corrected chi connectivity index (χ0v) is 12.7. The van der Waals surface area contributed by atoms with Crippen LogP contribution in [0.15, 0.2) is 12.1 Å². The fourth-order valence-corrected chi connectivity index (χ4v) is 3.18. The summed E-state index contributed by atoms with van der Waals surface area (Å²) < 4.78 is 10.3. The highest BCUT2D eigenvalue weighted by molar-refractivity contribution is 5.93. The Hall–Kier alpha value is -2.24. The van der Waals surface area contributed by atoms with E-state index in [0.717, 1.165) is 19.3 Å². The third-order valence-electron chi connectivity index (χ3n) is 4.38. The van der Waals surface area contributed by atoms with Crippen molar-refractivity contribution in [1.29, 1.82) is 0 Å². The van der Waals surface area contributed by atoms with Gasteiger partial charge in [0, 0.05) is 0 Å². The first-order valence-corrected chi connectivity index (χ1v) is 7.19. The number of methoxy groups -OCH3 is 2. The number of carboxylic acid groups (broad SMARTS) is 2. The van der Waals surface area contributed by atoms with Crippen LogP contribution in [-0.2, 0) is 10.2 Å². The van der Waals surface area contributed by atoms with E-state index in [9.17, 15) is 19.8 Å². The van der Waals surface area contributed by atoms with E-state index in [2.05, 4.69) is 0 Å². The monoisotopic (exact) mass is 308 g/mol. The van der Waals surface area contributed by atoms with Crippen molar-refractivity contribution in [3.63, 3.8) is 0 Å². The third-order valence-corrected chi connectivity index (χ3v) is 4.38. The molecule has 0 radical (unpaired) electrons. The van der Waals surface area contributed by atoms with Crippen molar-refractivity contribution in [3.8, 4) is 11.5 Å². The van der Waals surface area contributed by atoms with Gasteiger partial charge in [0.2, 0.25) is 0 Å². The first-order valence-electron chi connectivity index (χ1n) is 7.19. The Bertz CT molecular complexity index is 587. The molecule has 0 aliphatic heterocycles. The lowest BCUT2D eigenvalue weighted by Crippen LogP contribution is -2.38. The molecule has 1 saturated carbocycles. The fraction of sp³-hybridized carbons (Fsp3) is 0.500. The van der Waals surface area contributed by atoms with Crippen LogP contribution in [0.2, 0.25) is 0 Å². The molecule has 0 unspecified atom stereocenters. The molecule has 0 aromatic heterocycles. The number of hydrogen-bond acceptors (Lipinski definition) is 4. The van der Waals surface area contributed by atoms with Gasteiger partial charge < -0.3 is 19.7 Å². The maximum Gasteiger partial charge on any atom is 0.339 e. The summed E-state index contributed by atoms with van der Waals surface area (Å²) in [5, 5.41) is 19.1. The predicted molar refractivity (Wildman–Crippen MR) is 78.9 cm³/mol. The van der Waals surface area contributed by atoms with E-state index in [1.807, 2.05) is 0 Å². The number of carbonyl (C=O) groups is 2. The van der Waals surface area contributed by atoms with Crippen LogP contribution in [-0.4, -0.2) is 36.4 Å². The van der Waals surface area contributed by atoms with Crippen LogP contribution in [0.3, 0.4) is 0 Å². The van der Waals surface area contributed by atoms with Crippen molar-refractivity contribution in [2.45, 2.75) is 37.5 Å². The lowest BCUT2D eigenvalue weighted by atomic mass is 9.69.